The summed E-state index contributed by atoms with van der Waals surface area (Å²) < 4.78 is 10.4. The zero-order valence-corrected chi connectivity index (χ0v) is 10.9. The highest BCUT2D eigenvalue weighted by atomic mass is 16.5. The molecule has 0 radical (unpaired) electrons. The number of methoxy groups -OCH3 is 1. The van der Waals surface area contributed by atoms with Crippen molar-refractivity contribution in [2.45, 2.75) is 13.0 Å². The Labute approximate surface area is 107 Å². The van der Waals surface area contributed by atoms with Crippen LogP contribution < -0.4 is 4.74 Å². The van der Waals surface area contributed by atoms with Gasteiger partial charge in [0.25, 0.3) is 0 Å². The molecule has 0 spiro atoms. The molecule has 1 aliphatic heterocycles. The summed E-state index contributed by atoms with van der Waals surface area (Å²) in [6.45, 7) is 5.02. The van der Waals surface area contributed by atoms with E-state index in [0.717, 1.165) is 24.4 Å². The first-order valence-corrected chi connectivity index (χ1v) is 6.22. The van der Waals surface area contributed by atoms with Crippen LogP contribution >= 0.6 is 0 Å². The second kappa shape index (κ2) is 5.98. The van der Waals surface area contributed by atoms with Gasteiger partial charge in [-0.3, -0.25) is 9.69 Å². The third-order valence-electron chi connectivity index (χ3n) is 3.35. The highest BCUT2D eigenvalue weighted by Crippen LogP contribution is 2.15. The van der Waals surface area contributed by atoms with Crippen molar-refractivity contribution in [2.24, 2.45) is 0 Å². The van der Waals surface area contributed by atoms with Gasteiger partial charge in [0.2, 0.25) is 0 Å². The molecule has 0 saturated carbocycles. The van der Waals surface area contributed by atoms with E-state index in [1.807, 2.05) is 31.2 Å². The number of ether oxygens (including phenoxy) is 2. The van der Waals surface area contributed by atoms with Gasteiger partial charge in [0.1, 0.15) is 5.75 Å². The van der Waals surface area contributed by atoms with Gasteiger partial charge in [-0.25, -0.2) is 0 Å². The Kier molecular flexibility index (Phi) is 4.33. The van der Waals surface area contributed by atoms with Crippen molar-refractivity contribution in [2.75, 3.05) is 33.4 Å². The van der Waals surface area contributed by atoms with Gasteiger partial charge in [-0.15, -0.1) is 0 Å². The van der Waals surface area contributed by atoms with E-state index in [9.17, 15) is 4.79 Å². The van der Waals surface area contributed by atoms with Crippen molar-refractivity contribution in [3.8, 4) is 5.75 Å². The largest absolute Gasteiger partial charge is 0.497 e. The lowest BCUT2D eigenvalue weighted by atomic mass is 10.0. The number of benzene rings is 1. The smallest absolute Gasteiger partial charge is 0.179 e. The van der Waals surface area contributed by atoms with E-state index >= 15 is 0 Å². The van der Waals surface area contributed by atoms with E-state index < -0.39 is 0 Å². The van der Waals surface area contributed by atoms with Gasteiger partial charge in [-0.1, -0.05) is 0 Å². The summed E-state index contributed by atoms with van der Waals surface area (Å²) in [5.41, 5.74) is 0.731. The third-order valence-corrected chi connectivity index (χ3v) is 3.35. The van der Waals surface area contributed by atoms with E-state index in [1.165, 1.54) is 0 Å². The van der Waals surface area contributed by atoms with E-state index in [4.69, 9.17) is 9.47 Å². The van der Waals surface area contributed by atoms with Gasteiger partial charge in [0.05, 0.1) is 26.4 Å². The molecule has 0 amide bonds. The van der Waals surface area contributed by atoms with Crippen LogP contribution in [0.4, 0.5) is 0 Å². The van der Waals surface area contributed by atoms with Crippen molar-refractivity contribution in [1.82, 2.24) is 4.90 Å². The maximum atomic E-state index is 12.3. The quantitative estimate of drug-likeness (QED) is 0.760. The van der Waals surface area contributed by atoms with Crippen molar-refractivity contribution in [3.63, 3.8) is 0 Å². The Morgan fingerprint density at radius 3 is 2.44 bits per heavy atom. The fourth-order valence-corrected chi connectivity index (χ4v) is 2.13. The lowest BCUT2D eigenvalue weighted by molar-refractivity contribution is 0.0208. The molecule has 1 atom stereocenters. The van der Waals surface area contributed by atoms with Crippen molar-refractivity contribution in [3.05, 3.63) is 29.8 Å². The molecule has 0 aliphatic carbocycles. The molecule has 98 valence electrons. The van der Waals surface area contributed by atoms with E-state index in [-0.39, 0.29) is 11.8 Å². The Morgan fingerprint density at radius 2 is 1.89 bits per heavy atom. The minimum Gasteiger partial charge on any atom is -0.497 e. The van der Waals surface area contributed by atoms with Crippen LogP contribution in [0.15, 0.2) is 24.3 Å². The van der Waals surface area contributed by atoms with Crippen LogP contribution in [0.2, 0.25) is 0 Å². The molecule has 0 aromatic heterocycles. The average Bonchev–Trinajstić information content (AvgIpc) is 2.47. The number of carbonyl (C=O) groups excluding carboxylic acids is 1. The number of ketones is 1. The number of morpholine rings is 1. The zero-order chi connectivity index (χ0) is 13.0. The Bertz CT molecular complexity index is 396. The molecule has 4 nitrogen and oxygen atoms in total. The second-order valence-corrected chi connectivity index (χ2v) is 4.42. The Morgan fingerprint density at radius 1 is 1.28 bits per heavy atom. The van der Waals surface area contributed by atoms with Crippen LogP contribution in [0.25, 0.3) is 0 Å². The number of rotatable bonds is 4. The number of carbonyl (C=O) groups is 1. The normalized spacial score (nSPS) is 18.3. The molecule has 1 aliphatic rings. The average molecular weight is 249 g/mol. The summed E-state index contributed by atoms with van der Waals surface area (Å²) in [6, 6.07) is 7.18. The standard InChI is InChI=1S/C14H19NO3/c1-11(15-7-9-18-10-8-15)14(16)12-3-5-13(17-2)6-4-12/h3-6,11H,7-10H2,1-2H3. The van der Waals surface area contributed by atoms with Crippen molar-refractivity contribution in [1.29, 1.82) is 0 Å². The summed E-state index contributed by atoms with van der Waals surface area (Å²) in [7, 11) is 1.62. The van der Waals surface area contributed by atoms with E-state index in [1.54, 1.807) is 7.11 Å². The Hall–Kier alpha value is -1.39. The highest BCUT2D eigenvalue weighted by Gasteiger charge is 2.23. The number of hydrogen-bond acceptors (Lipinski definition) is 4. The van der Waals surface area contributed by atoms with Gasteiger partial charge in [0, 0.05) is 18.7 Å². The number of nitrogens with zero attached hydrogens (tertiary/aromatic N) is 1. The highest BCUT2D eigenvalue weighted by molar-refractivity contribution is 5.99. The summed E-state index contributed by atoms with van der Waals surface area (Å²) in [4.78, 5) is 14.5. The lowest BCUT2D eigenvalue weighted by Gasteiger charge is -2.31. The molecule has 1 aromatic carbocycles. The van der Waals surface area contributed by atoms with Crippen LogP contribution in [-0.2, 0) is 4.74 Å². The predicted octanol–water partition coefficient (Wildman–Crippen LogP) is 1.60. The number of hydrogen-bond donors (Lipinski definition) is 0. The van der Waals surface area contributed by atoms with Crippen molar-refractivity contribution < 1.29 is 14.3 Å². The minimum atomic E-state index is -0.0951. The van der Waals surface area contributed by atoms with Crippen LogP contribution in [0.1, 0.15) is 17.3 Å². The molecular formula is C14H19NO3. The SMILES string of the molecule is COc1ccc(C(=O)C(C)N2CCOCC2)cc1. The molecule has 18 heavy (non-hydrogen) atoms. The number of Topliss-reactive ketones (excluding diaryl/α,β-unsaturated/α-hetero) is 1. The molecule has 4 heteroatoms. The van der Waals surface area contributed by atoms with Crippen LogP contribution in [0.3, 0.4) is 0 Å². The maximum Gasteiger partial charge on any atom is 0.179 e. The molecule has 1 aromatic rings. The molecule has 1 unspecified atom stereocenters. The molecule has 1 fully saturated rings. The summed E-state index contributed by atoms with van der Waals surface area (Å²) in [6.07, 6.45) is 0. The van der Waals surface area contributed by atoms with E-state index in [2.05, 4.69) is 4.90 Å². The summed E-state index contributed by atoms with van der Waals surface area (Å²) in [5, 5.41) is 0. The van der Waals surface area contributed by atoms with Gasteiger partial charge < -0.3 is 9.47 Å². The summed E-state index contributed by atoms with van der Waals surface area (Å²) in [5.74, 6) is 0.921. The minimum absolute atomic E-state index is 0.0951. The Balaban J connectivity index is 2.04. The van der Waals surface area contributed by atoms with Gasteiger partial charge in [0.15, 0.2) is 5.78 Å². The summed E-state index contributed by atoms with van der Waals surface area (Å²) >= 11 is 0. The maximum absolute atomic E-state index is 12.3. The van der Waals surface area contributed by atoms with Crippen LogP contribution in [0.5, 0.6) is 5.75 Å². The monoisotopic (exact) mass is 249 g/mol. The molecule has 0 N–H and O–H groups in total. The molecule has 1 heterocycles. The fourth-order valence-electron chi connectivity index (χ4n) is 2.13. The molecular weight excluding hydrogens is 230 g/mol. The topological polar surface area (TPSA) is 38.8 Å². The lowest BCUT2D eigenvalue weighted by Crippen LogP contribution is -2.45. The van der Waals surface area contributed by atoms with Gasteiger partial charge in [-0.05, 0) is 31.2 Å². The molecule has 0 bridgehead atoms. The van der Waals surface area contributed by atoms with Gasteiger partial charge >= 0.3 is 0 Å². The van der Waals surface area contributed by atoms with Crippen LogP contribution in [-0.4, -0.2) is 50.1 Å². The molecule has 1 saturated heterocycles. The predicted molar refractivity (Wildman–Crippen MR) is 69.2 cm³/mol. The third kappa shape index (κ3) is 2.89. The molecule has 2 rings (SSSR count). The van der Waals surface area contributed by atoms with Gasteiger partial charge in [-0.2, -0.15) is 0 Å². The first kappa shape index (κ1) is 13.1. The van der Waals surface area contributed by atoms with Crippen molar-refractivity contribution >= 4 is 5.78 Å². The second-order valence-electron chi connectivity index (χ2n) is 4.42. The first-order chi connectivity index (χ1) is 8.72. The fraction of sp³-hybridized carbons (Fsp3) is 0.500. The van der Waals surface area contributed by atoms with E-state index in [0.29, 0.717) is 13.2 Å². The van der Waals surface area contributed by atoms with Crippen LogP contribution in [0, 0.1) is 0 Å². The zero-order valence-electron chi connectivity index (χ0n) is 10.9. The first-order valence-electron chi connectivity index (χ1n) is 6.22.